The number of nitrogens with zero attached hydrogens (tertiary/aromatic N) is 2. The Labute approximate surface area is 117 Å². The first-order valence-electron chi connectivity index (χ1n) is 6.43. The van der Waals surface area contributed by atoms with Gasteiger partial charge >= 0.3 is 0 Å². The first kappa shape index (κ1) is 14.1. The average molecular weight is 271 g/mol. The van der Waals surface area contributed by atoms with Crippen LogP contribution in [0.1, 0.15) is 22.4 Å². The van der Waals surface area contributed by atoms with Crippen LogP contribution in [0.15, 0.2) is 36.5 Å². The van der Waals surface area contributed by atoms with Crippen LogP contribution in [0.5, 0.6) is 0 Å². The molecule has 1 N–H and O–H groups in total. The summed E-state index contributed by atoms with van der Waals surface area (Å²) >= 11 is 0. The SMILES string of the molecule is Cc1ccc(CNCc2ncccc2C)cc1[N+](=O)[O-]. The standard InChI is InChI=1S/C15H17N3O2/c1-11-4-3-7-17-14(11)10-16-9-13-6-5-12(2)15(8-13)18(19)20/h3-8,16H,9-10H2,1-2H3. The number of aryl methyl sites for hydroxylation is 2. The van der Waals surface area contributed by atoms with Crippen molar-refractivity contribution in [1.29, 1.82) is 0 Å². The summed E-state index contributed by atoms with van der Waals surface area (Å²) in [6.45, 7) is 4.98. The third-order valence-corrected chi connectivity index (χ3v) is 3.21. The van der Waals surface area contributed by atoms with E-state index in [-0.39, 0.29) is 10.6 Å². The molecule has 0 saturated heterocycles. The predicted molar refractivity (Wildman–Crippen MR) is 77.4 cm³/mol. The summed E-state index contributed by atoms with van der Waals surface area (Å²) in [4.78, 5) is 14.8. The highest BCUT2D eigenvalue weighted by Gasteiger charge is 2.10. The molecule has 0 aliphatic heterocycles. The number of nitro groups is 1. The lowest BCUT2D eigenvalue weighted by atomic mass is 10.1. The van der Waals surface area contributed by atoms with Crippen molar-refractivity contribution in [2.75, 3.05) is 0 Å². The van der Waals surface area contributed by atoms with Crippen LogP contribution < -0.4 is 5.32 Å². The maximum absolute atomic E-state index is 10.9. The summed E-state index contributed by atoms with van der Waals surface area (Å²) in [5.41, 5.74) is 3.87. The highest BCUT2D eigenvalue weighted by Crippen LogP contribution is 2.19. The van der Waals surface area contributed by atoms with E-state index in [9.17, 15) is 10.1 Å². The van der Waals surface area contributed by atoms with Crippen LogP contribution in [0, 0.1) is 24.0 Å². The number of hydrogen-bond donors (Lipinski definition) is 1. The van der Waals surface area contributed by atoms with Gasteiger partial charge in [-0.2, -0.15) is 0 Å². The lowest BCUT2D eigenvalue weighted by molar-refractivity contribution is -0.385. The Balaban J connectivity index is 2.00. The van der Waals surface area contributed by atoms with Crippen molar-refractivity contribution in [3.05, 3.63) is 69.0 Å². The van der Waals surface area contributed by atoms with Gasteiger partial charge in [-0.05, 0) is 31.0 Å². The Bertz CT molecular complexity index is 626. The lowest BCUT2D eigenvalue weighted by Gasteiger charge is -2.07. The van der Waals surface area contributed by atoms with Gasteiger partial charge < -0.3 is 5.32 Å². The predicted octanol–water partition coefficient (Wildman–Crippen LogP) is 2.90. The third-order valence-electron chi connectivity index (χ3n) is 3.21. The van der Waals surface area contributed by atoms with Crippen molar-refractivity contribution in [3.63, 3.8) is 0 Å². The highest BCUT2D eigenvalue weighted by atomic mass is 16.6. The van der Waals surface area contributed by atoms with Crippen molar-refractivity contribution in [3.8, 4) is 0 Å². The molecule has 0 aliphatic rings. The molecule has 0 saturated carbocycles. The highest BCUT2D eigenvalue weighted by molar-refractivity contribution is 5.42. The molecule has 104 valence electrons. The van der Waals surface area contributed by atoms with Crippen molar-refractivity contribution >= 4 is 5.69 Å². The Morgan fingerprint density at radius 2 is 2.00 bits per heavy atom. The zero-order valence-corrected chi connectivity index (χ0v) is 11.6. The molecule has 2 rings (SSSR count). The molecule has 0 radical (unpaired) electrons. The minimum atomic E-state index is -0.346. The van der Waals surface area contributed by atoms with Crippen molar-refractivity contribution in [2.45, 2.75) is 26.9 Å². The Morgan fingerprint density at radius 1 is 1.20 bits per heavy atom. The molecule has 1 heterocycles. The summed E-state index contributed by atoms with van der Waals surface area (Å²) < 4.78 is 0. The second kappa shape index (κ2) is 6.25. The van der Waals surface area contributed by atoms with Gasteiger partial charge in [0.15, 0.2) is 0 Å². The molecular formula is C15H17N3O2. The summed E-state index contributed by atoms with van der Waals surface area (Å²) in [7, 11) is 0. The topological polar surface area (TPSA) is 68.1 Å². The molecule has 0 bridgehead atoms. The molecule has 0 amide bonds. The number of nitro benzene ring substituents is 1. The number of hydrogen-bond acceptors (Lipinski definition) is 4. The molecule has 0 spiro atoms. The summed E-state index contributed by atoms with van der Waals surface area (Å²) in [6, 6.07) is 9.22. The monoisotopic (exact) mass is 271 g/mol. The van der Waals surface area contributed by atoms with Crippen molar-refractivity contribution in [2.24, 2.45) is 0 Å². The van der Waals surface area contributed by atoms with E-state index >= 15 is 0 Å². The van der Waals surface area contributed by atoms with Gasteiger partial charge in [0.25, 0.3) is 5.69 Å². The van der Waals surface area contributed by atoms with Gasteiger partial charge in [-0.3, -0.25) is 15.1 Å². The molecular weight excluding hydrogens is 254 g/mol. The van der Waals surface area contributed by atoms with Gasteiger partial charge in [0.05, 0.1) is 10.6 Å². The normalized spacial score (nSPS) is 10.5. The number of rotatable bonds is 5. The number of aromatic nitrogens is 1. The van der Waals surface area contributed by atoms with E-state index in [0.29, 0.717) is 18.7 Å². The van der Waals surface area contributed by atoms with E-state index < -0.39 is 0 Å². The van der Waals surface area contributed by atoms with E-state index in [1.54, 1.807) is 25.3 Å². The van der Waals surface area contributed by atoms with Crippen LogP contribution in [0.2, 0.25) is 0 Å². The molecule has 1 aromatic carbocycles. The number of benzene rings is 1. The van der Waals surface area contributed by atoms with Crippen LogP contribution in [0.4, 0.5) is 5.69 Å². The van der Waals surface area contributed by atoms with E-state index in [0.717, 1.165) is 16.8 Å². The zero-order valence-electron chi connectivity index (χ0n) is 11.6. The van der Waals surface area contributed by atoms with Crippen LogP contribution in [-0.2, 0) is 13.1 Å². The summed E-state index contributed by atoms with van der Waals surface area (Å²) in [5, 5.41) is 14.1. The molecule has 0 atom stereocenters. The second-order valence-electron chi connectivity index (χ2n) is 4.75. The molecule has 5 heteroatoms. The minimum Gasteiger partial charge on any atom is -0.307 e. The second-order valence-corrected chi connectivity index (χ2v) is 4.75. The molecule has 0 unspecified atom stereocenters. The number of pyridine rings is 1. The molecule has 0 aliphatic carbocycles. The fraction of sp³-hybridized carbons (Fsp3) is 0.267. The fourth-order valence-corrected chi connectivity index (χ4v) is 1.99. The van der Waals surface area contributed by atoms with Crippen LogP contribution >= 0.6 is 0 Å². The van der Waals surface area contributed by atoms with Crippen molar-refractivity contribution < 1.29 is 4.92 Å². The first-order chi connectivity index (χ1) is 9.58. The van der Waals surface area contributed by atoms with E-state index in [1.165, 1.54) is 0 Å². The average Bonchev–Trinajstić information content (AvgIpc) is 2.42. The van der Waals surface area contributed by atoms with Gasteiger partial charge in [0, 0.05) is 30.9 Å². The lowest BCUT2D eigenvalue weighted by Crippen LogP contribution is -2.14. The van der Waals surface area contributed by atoms with E-state index in [4.69, 9.17) is 0 Å². The first-order valence-corrected chi connectivity index (χ1v) is 6.43. The molecule has 2 aromatic rings. The maximum Gasteiger partial charge on any atom is 0.272 e. The van der Waals surface area contributed by atoms with Crippen LogP contribution in [-0.4, -0.2) is 9.91 Å². The van der Waals surface area contributed by atoms with Gasteiger partial charge in [-0.25, -0.2) is 0 Å². The van der Waals surface area contributed by atoms with Crippen molar-refractivity contribution in [1.82, 2.24) is 10.3 Å². The Kier molecular flexibility index (Phi) is 4.42. The van der Waals surface area contributed by atoms with Crippen LogP contribution in [0.3, 0.4) is 0 Å². The largest absolute Gasteiger partial charge is 0.307 e. The van der Waals surface area contributed by atoms with Gasteiger partial charge in [-0.15, -0.1) is 0 Å². The third kappa shape index (κ3) is 3.39. The fourth-order valence-electron chi connectivity index (χ4n) is 1.99. The van der Waals surface area contributed by atoms with E-state index in [1.807, 2.05) is 25.1 Å². The van der Waals surface area contributed by atoms with Crippen LogP contribution in [0.25, 0.3) is 0 Å². The summed E-state index contributed by atoms with van der Waals surface area (Å²) in [5.74, 6) is 0. The van der Waals surface area contributed by atoms with Gasteiger partial charge in [0.2, 0.25) is 0 Å². The Morgan fingerprint density at radius 3 is 2.70 bits per heavy atom. The quantitative estimate of drug-likeness (QED) is 0.670. The Hall–Kier alpha value is -2.27. The van der Waals surface area contributed by atoms with Gasteiger partial charge in [0.1, 0.15) is 0 Å². The molecule has 1 aromatic heterocycles. The maximum atomic E-state index is 10.9. The minimum absolute atomic E-state index is 0.165. The summed E-state index contributed by atoms with van der Waals surface area (Å²) in [6.07, 6.45) is 1.76. The molecule has 20 heavy (non-hydrogen) atoms. The molecule has 0 fully saturated rings. The van der Waals surface area contributed by atoms with E-state index in [2.05, 4.69) is 10.3 Å². The van der Waals surface area contributed by atoms with Gasteiger partial charge in [-0.1, -0.05) is 18.2 Å². The number of nitrogens with one attached hydrogen (secondary N) is 1. The smallest absolute Gasteiger partial charge is 0.272 e. The zero-order chi connectivity index (χ0) is 14.5. The molecule has 5 nitrogen and oxygen atoms in total.